The number of nitrogens with zero attached hydrogens (tertiary/aromatic N) is 3. The van der Waals surface area contributed by atoms with Gasteiger partial charge in [0.1, 0.15) is 0 Å². The lowest BCUT2D eigenvalue weighted by atomic mass is 10.1. The van der Waals surface area contributed by atoms with Crippen LogP contribution in [0.3, 0.4) is 0 Å². The lowest BCUT2D eigenvalue weighted by molar-refractivity contribution is -0.114. The summed E-state index contributed by atoms with van der Waals surface area (Å²) >= 11 is 0. The molecule has 9 nitrogen and oxygen atoms in total. The van der Waals surface area contributed by atoms with Crippen LogP contribution in [-0.2, 0) is 21.2 Å². The number of hydrogen-bond donors (Lipinski definition) is 2. The first-order chi connectivity index (χ1) is 16.3. The van der Waals surface area contributed by atoms with E-state index >= 15 is 0 Å². The molecule has 0 saturated heterocycles. The fourth-order valence-corrected chi connectivity index (χ4v) is 4.97. The van der Waals surface area contributed by atoms with Crippen molar-refractivity contribution in [1.82, 2.24) is 9.62 Å². The molecule has 2 aromatic carbocycles. The lowest BCUT2D eigenvalue weighted by Gasteiger charge is -2.28. The van der Waals surface area contributed by atoms with Gasteiger partial charge in [-0.1, -0.05) is 19.1 Å². The molecule has 1 unspecified atom stereocenters. The van der Waals surface area contributed by atoms with Crippen molar-refractivity contribution in [2.75, 3.05) is 11.9 Å². The summed E-state index contributed by atoms with van der Waals surface area (Å²) in [4.78, 5) is 32.6. The zero-order valence-corrected chi connectivity index (χ0v) is 19.7. The first kappa shape index (κ1) is 23.4. The Morgan fingerprint density at radius 2 is 1.79 bits per heavy atom. The number of hydrogen-bond acceptors (Lipinski definition) is 6. The van der Waals surface area contributed by atoms with Gasteiger partial charge in [0.2, 0.25) is 12.2 Å². The fourth-order valence-electron chi connectivity index (χ4n) is 3.63. The number of anilines is 1. The van der Waals surface area contributed by atoms with Gasteiger partial charge in [0, 0.05) is 49.1 Å². The molecular weight excluding hydrogens is 454 g/mol. The minimum absolute atomic E-state index is 0.117. The average Bonchev–Trinajstić information content (AvgIpc) is 2.83. The van der Waals surface area contributed by atoms with Crippen LogP contribution in [-0.4, -0.2) is 49.3 Å². The van der Waals surface area contributed by atoms with Crippen molar-refractivity contribution in [3.8, 4) is 0 Å². The van der Waals surface area contributed by atoms with Crippen molar-refractivity contribution in [2.45, 2.75) is 37.9 Å². The molecular formula is C24H25N5O4S. The molecule has 0 saturated carbocycles. The quantitative estimate of drug-likeness (QED) is 0.662. The van der Waals surface area contributed by atoms with Gasteiger partial charge < -0.3 is 10.6 Å². The third-order valence-electron chi connectivity index (χ3n) is 5.48. The molecule has 34 heavy (non-hydrogen) atoms. The number of allylic oxidation sites excluding steroid dienone is 1. The van der Waals surface area contributed by atoms with E-state index in [9.17, 15) is 18.0 Å². The summed E-state index contributed by atoms with van der Waals surface area (Å²) in [6.45, 7) is 3.65. The molecule has 1 atom stereocenters. The molecule has 0 aliphatic carbocycles. The highest BCUT2D eigenvalue weighted by Gasteiger charge is 2.28. The molecule has 0 radical (unpaired) electrons. The molecule has 2 heterocycles. The molecule has 2 aliphatic heterocycles. The predicted octanol–water partition coefficient (Wildman–Crippen LogP) is 2.72. The fraction of sp³-hybridized carbons (Fsp3) is 0.250. The van der Waals surface area contributed by atoms with Crippen LogP contribution in [0, 0.1) is 0 Å². The summed E-state index contributed by atoms with van der Waals surface area (Å²) in [5, 5.41) is 5.39. The van der Waals surface area contributed by atoms with Gasteiger partial charge in [0.25, 0.3) is 15.9 Å². The SMILES string of the molecule is CCc1ccc(C(=O)NC2N=CC3=CN(S(=O)(=O)c4ccc(NC(C)=O)cc4)CCC3=N2)cc1. The van der Waals surface area contributed by atoms with Crippen LogP contribution in [0.2, 0.25) is 0 Å². The Balaban J connectivity index is 1.45. The van der Waals surface area contributed by atoms with E-state index in [2.05, 4.69) is 20.6 Å². The molecule has 2 amide bonds. The maximum absolute atomic E-state index is 13.1. The van der Waals surface area contributed by atoms with Crippen molar-refractivity contribution in [3.63, 3.8) is 0 Å². The molecule has 10 heteroatoms. The number of benzene rings is 2. The van der Waals surface area contributed by atoms with Crippen LogP contribution < -0.4 is 10.6 Å². The molecule has 2 aliphatic rings. The number of nitrogens with one attached hydrogen (secondary N) is 2. The maximum Gasteiger partial charge on any atom is 0.263 e. The Morgan fingerprint density at radius 1 is 1.09 bits per heavy atom. The highest BCUT2D eigenvalue weighted by molar-refractivity contribution is 7.89. The minimum Gasteiger partial charge on any atom is -0.326 e. The first-order valence-electron chi connectivity index (χ1n) is 10.9. The third kappa shape index (κ3) is 5.07. The number of sulfonamides is 1. The lowest BCUT2D eigenvalue weighted by Crippen LogP contribution is -2.38. The van der Waals surface area contributed by atoms with Gasteiger partial charge in [-0.05, 0) is 48.4 Å². The molecule has 2 aromatic rings. The van der Waals surface area contributed by atoms with Crippen LogP contribution in [0.15, 0.2) is 75.2 Å². The normalized spacial score (nSPS) is 17.4. The molecule has 4 rings (SSSR count). The van der Waals surface area contributed by atoms with E-state index in [1.54, 1.807) is 24.3 Å². The van der Waals surface area contributed by atoms with E-state index in [0.717, 1.165) is 12.0 Å². The number of carbonyl (C=O) groups excluding carboxylic acids is 2. The molecule has 0 bridgehead atoms. The predicted molar refractivity (Wildman–Crippen MR) is 130 cm³/mol. The molecule has 176 valence electrons. The van der Waals surface area contributed by atoms with Crippen LogP contribution in [0.1, 0.15) is 36.2 Å². The van der Waals surface area contributed by atoms with Gasteiger partial charge in [0.15, 0.2) is 0 Å². The van der Waals surface area contributed by atoms with Gasteiger partial charge in [-0.15, -0.1) is 0 Å². The van der Waals surface area contributed by atoms with E-state index in [4.69, 9.17) is 0 Å². The number of carbonyl (C=O) groups is 2. The van der Waals surface area contributed by atoms with Gasteiger partial charge in [-0.25, -0.2) is 18.4 Å². The summed E-state index contributed by atoms with van der Waals surface area (Å²) in [6, 6.07) is 13.4. The summed E-state index contributed by atoms with van der Waals surface area (Å²) in [5.74, 6) is -0.507. The monoisotopic (exact) mass is 479 g/mol. The van der Waals surface area contributed by atoms with Crippen LogP contribution in [0.5, 0.6) is 0 Å². The zero-order chi connectivity index (χ0) is 24.3. The van der Waals surface area contributed by atoms with E-state index in [1.807, 2.05) is 19.1 Å². The molecule has 0 fully saturated rings. The van der Waals surface area contributed by atoms with Crippen LogP contribution >= 0.6 is 0 Å². The summed E-state index contributed by atoms with van der Waals surface area (Å²) in [5.41, 5.74) is 3.47. The van der Waals surface area contributed by atoms with Gasteiger partial charge in [-0.2, -0.15) is 0 Å². The van der Waals surface area contributed by atoms with Gasteiger partial charge in [-0.3, -0.25) is 13.9 Å². The van der Waals surface area contributed by atoms with Gasteiger partial charge >= 0.3 is 0 Å². The minimum atomic E-state index is -3.77. The summed E-state index contributed by atoms with van der Waals surface area (Å²) in [7, 11) is -3.77. The second-order valence-corrected chi connectivity index (χ2v) is 9.80. The smallest absolute Gasteiger partial charge is 0.263 e. The van der Waals surface area contributed by atoms with Crippen molar-refractivity contribution < 1.29 is 18.0 Å². The van der Waals surface area contributed by atoms with E-state index in [0.29, 0.717) is 29.0 Å². The van der Waals surface area contributed by atoms with Crippen LogP contribution in [0.25, 0.3) is 0 Å². The second-order valence-electron chi connectivity index (χ2n) is 7.91. The van der Waals surface area contributed by atoms with Crippen molar-refractivity contribution in [2.24, 2.45) is 9.98 Å². The van der Waals surface area contributed by atoms with Crippen molar-refractivity contribution in [1.29, 1.82) is 0 Å². The molecule has 2 N–H and O–H groups in total. The summed E-state index contributed by atoms with van der Waals surface area (Å²) < 4.78 is 27.4. The average molecular weight is 480 g/mol. The Labute approximate surface area is 198 Å². The zero-order valence-electron chi connectivity index (χ0n) is 18.9. The first-order valence-corrected chi connectivity index (χ1v) is 12.3. The van der Waals surface area contributed by atoms with Crippen molar-refractivity contribution in [3.05, 3.63) is 71.4 Å². The number of amides is 2. The van der Waals surface area contributed by atoms with E-state index in [1.165, 1.54) is 35.8 Å². The van der Waals surface area contributed by atoms with Crippen molar-refractivity contribution >= 4 is 39.5 Å². The maximum atomic E-state index is 13.1. The number of fused-ring (bicyclic) bond motifs is 1. The van der Waals surface area contributed by atoms with E-state index in [-0.39, 0.29) is 23.3 Å². The topological polar surface area (TPSA) is 120 Å². The number of aryl methyl sites for hydroxylation is 1. The Bertz CT molecular complexity index is 1300. The second kappa shape index (κ2) is 9.60. The summed E-state index contributed by atoms with van der Waals surface area (Å²) in [6.07, 6.45) is 3.57. The third-order valence-corrected chi connectivity index (χ3v) is 7.26. The highest BCUT2D eigenvalue weighted by Crippen LogP contribution is 2.24. The highest BCUT2D eigenvalue weighted by atomic mass is 32.2. The largest absolute Gasteiger partial charge is 0.326 e. The van der Waals surface area contributed by atoms with E-state index < -0.39 is 16.3 Å². The number of rotatable bonds is 6. The number of aliphatic imine (C=N–C) groups is 2. The standard InChI is InChI=1S/C24H25N5O4S/c1-3-17-4-6-18(7-5-17)23(31)28-24-25-14-19-15-29(13-12-22(19)27-24)34(32,33)21-10-8-20(9-11-21)26-16(2)30/h4-11,14-15,24H,3,12-13H2,1-2H3,(H,26,30)(H,28,31). The Kier molecular flexibility index (Phi) is 6.60. The molecule has 0 aromatic heterocycles. The Hall–Kier alpha value is -3.79. The van der Waals surface area contributed by atoms with Crippen LogP contribution in [0.4, 0.5) is 5.69 Å². The Morgan fingerprint density at radius 3 is 2.44 bits per heavy atom. The molecule has 0 spiro atoms. The van der Waals surface area contributed by atoms with Gasteiger partial charge in [0.05, 0.1) is 10.6 Å².